The summed E-state index contributed by atoms with van der Waals surface area (Å²) in [6, 6.07) is 4.03. The van der Waals surface area contributed by atoms with Gasteiger partial charge in [0.2, 0.25) is 5.91 Å². The summed E-state index contributed by atoms with van der Waals surface area (Å²) in [6.07, 6.45) is 2.35. The first kappa shape index (κ1) is 15.2. The molecule has 1 saturated heterocycles. The van der Waals surface area contributed by atoms with Crippen LogP contribution in [-0.2, 0) is 4.79 Å². The Kier molecular flexibility index (Phi) is 4.31. The summed E-state index contributed by atoms with van der Waals surface area (Å²) in [4.78, 5) is 24.5. The lowest BCUT2D eigenvalue weighted by atomic mass is 10.1. The molecule has 0 spiro atoms. The van der Waals surface area contributed by atoms with Crippen molar-refractivity contribution in [2.45, 2.75) is 25.3 Å². The summed E-state index contributed by atoms with van der Waals surface area (Å²) in [5.74, 6) is -1.08. The second kappa shape index (κ2) is 6.22. The van der Waals surface area contributed by atoms with Gasteiger partial charge in [0.1, 0.15) is 16.7 Å². The van der Waals surface area contributed by atoms with Gasteiger partial charge in [-0.2, -0.15) is 0 Å². The van der Waals surface area contributed by atoms with Gasteiger partial charge in [-0.1, -0.05) is 17.7 Å². The molecule has 0 aliphatic carbocycles. The molecule has 1 aromatic heterocycles. The molecule has 2 heterocycles. The fourth-order valence-corrected chi connectivity index (χ4v) is 3.98. The van der Waals surface area contributed by atoms with Gasteiger partial charge in [0.05, 0.1) is 5.02 Å². The first-order chi connectivity index (χ1) is 10.6. The van der Waals surface area contributed by atoms with E-state index in [1.165, 1.54) is 6.07 Å². The van der Waals surface area contributed by atoms with E-state index in [1.54, 1.807) is 12.1 Å². The van der Waals surface area contributed by atoms with Crippen LogP contribution in [0.1, 0.15) is 28.9 Å². The van der Waals surface area contributed by atoms with Gasteiger partial charge in [0.25, 0.3) is 5.91 Å². The van der Waals surface area contributed by atoms with Gasteiger partial charge < -0.3 is 10.6 Å². The predicted molar refractivity (Wildman–Crippen MR) is 84.9 cm³/mol. The highest BCUT2D eigenvalue weighted by Gasteiger charge is 2.26. The second-order valence-corrected chi connectivity index (χ2v) is 6.60. The Morgan fingerprint density at radius 1 is 1.41 bits per heavy atom. The average Bonchev–Trinajstić information content (AvgIpc) is 2.70. The van der Waals surface area contributed by atoms with E-state index in [2.05, 4.69) is 10.6 Å². The van der Waals surface area contributed by atoms with E-state index in [-0.39, 0.29) is 21.2 Å². The molecule has 1 aliphatic heterocycles. The highest BCUT2D eigenvalue weighted by molar-refractivity contribution is 7.21. The van der Waals surface area contributed by atoms with Crippen molar-refractivity contribution in [3.63, 3.8) is 0 Å². The number of hydrogen-bond acceptors (Lipinski definition) is 3. The monoisotopic (exact) mass is 340 g/mol. The SMILES string of the molecule is O=C(N[C@H]1CCCCNC1=O)c1sc2cccc(F)c2c1Cl. The zero-order valence-electron chi connectivity index (χ0n) is 11.6. The number of amides is 2. The molecule has 0 saturated carbocycles. The molecule has 1 aliphatic rings. The van der Waals surface area contributed by atoms with E-state index in [1.807, 2.05) is 0 Å². The van der Waals surface area contributed by atoms with E-state index in [0.717, 1.165) is 24.2 Å². The number of fused-ring (bicyclic) bond motifs is 1. The Morgan fingerprint density at radius 2 is 2.23 bits per heavy atom. The molecule has 2 amide bonds. The fraction of sp³-hybridized carbons (Fsp3) is 0.333. The normalized spacial score (nSPS) is 18.8. The molecule has 3 rings (SSSR count). The maximum atomic E-state index is 13.8. The number of benzene rings is 1. The highest BCUT2D eigenvalue weighted by atomic mass is 35.5. The van der Waals surface area contributed by atoms with E-state index >= 15 is 0 Å². The first-order valence-electron chi connectivity index (χ1n) is 7.03. The summed E-state index contributed by atoms with van der Waals surface area (Å²) < 4.78 is 14.4. The Balaban J connectivity index is 1.87. The lowest BCUT2D eigenvalue weighted by Crippen LogP contribution is -2.45. The summed E-state index contributed by atoms with van der Waals surface area (Å²) >= 11 is 7.28. The minimum absolute atomic E-state index is 0.102. The molecular weight excluding hydrogens is 327 g/mol. The number of nitrogens with one attached hydrogen (secondary N) is 2. The molecule has 0 radical (unpaired) electrons. The van der Waals surface area contributed by atoms with Crippen LogP contribution >= 0.6 is 22.9 Å². The summed E-state index contributed by atoms with van der Waals surface area (Å²) in [7, 11) is 0. The van der Waals surface area contributed by atoms with Crippen LogP contribution in [0.4, 0.5) is 4.39 Å². The molecule has 7 heteroatoms. The van der Waals surface area contributed by atoms with Gasteiger partial charge in [-0.15, -0.1) is 11.3 Å². The summed E-state index contributed by atoms with van der Waals surface area (Å²) in [5.41, 5.74) is 0. The predicted octanol–water partition coefficient (Wildman–Crippen LogP) is 3.09. The van der Waals surface area contributed by atoms with Crippen molar-refractivity contribution in [2.75, 3.05) is 6.54 Å². The Hall–Kier alpha value is -1.66. The molecule has 1 atom stereocenters. The van der Waals surface area contributed by atoms with E-state index in [0.29, 0.717) is 17.7 Å². The molecule has 2 N–H and O–H groups in total. The van der Waals surface area contributed by atoms with Gasteiger partial charge >= 0.3 is 0 Å². The maximum Gasteiger partial charge on any atom is 0.263 e. The molecule has 0 unspecified atom stereocenters. The average molecular weight is 341 g/mol. The molecule has 4 nitrogen and oxygen atoms in total. The van der Waals surface area contributed by atoms with Crippen LogP contribution in [0, 0.1) is 5.82 Å². The summed E-state index contributed by atoms with van der Waals surface area (Å²) in [6.45, 7) is 0.625. The molecular formula is C15H14ClFN2O2S. The molecule has 0 bridgehead atoms. The largest absolute Gasteiger partial charge is 0.354 e. The van der Waals surface area contributed by atoms with Crippen LogP contribution in [-0.4, -0.2) is 24.4 Å². The van der Waals surface area contributed by atoms with Crippen LogP contribution in [0.3, 0.4) is 0 Å². The fourth-order valence-electron chi connectivity index (χ4n) is 2.52. The van der Waals surface area contributed by atoms with Gasteiger partial charge in [0.15, 0.2) is 0 Å². The van der Waals surface area contributed by atoms with Gasteiger partial charge in [-0.25, -0.2) is 4.39 Å². The summed E-state index contributed by atoms with van der Waals surface area (Å²) in [5, 5.41) is 5.81. The molecule has 22 heavy (non-hydrogen) atoms. The van der Waals surface area contributed by atoms with Crippen molar-refractivity contribution in [3.8, 4) is 0 Å². The van der Waals surface area contributed by atoms with Crippen LogP contribution in [0.5, 0.6) is 0 Å². The van der Waals surface area contributed by atoms with Crippen molar-refractivity contribution in [2.24, 2.45) is 0 Å². The Labute approximate surface area is 135 Å². The third-order valence-electron chi connectivity index (χ3n) is 3.65. The second-order valence-electron chi connectivity index (χ2n) is 5.17. The third kappa shape index (κ3) is 2.80. The van der Waals surface area contributed by atoms with Crippen LogP contribution in [0.15, 0.2) is 18.2 Å². The molecule has 1 fully saturated rings. The van der Waals surface area contributed by atoms with Crippen molar-refractivity contribution in [3.05, 3.63) is 33.9 Å². The van der Waals surface area contributed by atoms with Crippen molar-refractivity contribution < 1.29 is 14.0 Å². The minimum Gasteiger partial charge on any atom is -0.354 e. The number of thiophene rings is 1. The lowest BCUT2D eigenvalue weighted by molar-refractivity contribution is -0.122. The molecule has 116 valence electrons. The lowest BCUT2D eigenvalue weighted by Gasteiger charge is -2.14. The standard InChI is InChI=1S/C15H14ClFN2O2S/c16-12-11-8(17)4-3-6-10(11)22-13(12)15(21)19-9-5-1-2-7-18-14(9)20/h3-4,6,9H,1-2,5,7H2,(H,18,20)(H,19,21)/t9-/m0/s1. The minimum atomic E-state index is -0.568. The van der Waals surface area contributed by atoms with Crippen LogP contribution in [0.2, 0.25) is 5.02 Å². The van der Waals surface area contributed by atoms with Crippen LogP contribution in [0.25, 0.3) is 10.1 Å². The molecule has 2 aromatic rings. The topological polar surface area (TPSA) is 58.2 Å². The van der Waals surface area contributed by atoms with Crippen LogP contribution < -0.4 is 10.6 Å². The number of halogens is 2. The van der Waals surface area contributed by atoms with E-state index in [4.69, 9.17) is 11.6 Å². The van der Waals surface area contributed by atoms with Crippen molar-refractivity contribution in [1.29, 1.82) is 0 Å². The van der Waals surface area contributed by atoms with E-state index < -0.39 is 17.8 Å². The van der Waals surface area contributed by atoms with Crippen molar-refractivity contribution in [1.82, 2.24) is 10.6 Å². The quantitative estimate of drug-likeness (QED) is 0.882. The highest BCUT2D eigenvalue weighted by Crippen LogP contribution is 2.36. The Bertz CT molecular complexity index is 746. The zero-order valence-corrected chi connectivity index (χ0v) is 13.2. The van der Waals surface area contributed by atoms with E-state index in [9.17, 15) is 14.0 Å². The first-order valence-corrected chi connectivity index (χ1v) is 8.22. The number of carbonyl (C=O) groups is 2. The van der Waals surface area contributed by atoms with Crippen molar-refractivity contribution >= 4 is 44.8 Å². The third-order valence-corrected chi connectivity index (χ3v) is 5.30. The Morgan fingerprint density at radius 3 is 3.00 bits per heavy atom. The van der Waals surface area contributed by atoms with Gasteiger partial charge in [-0.3, -0.25) is 9.59 Å². The zero-order chi connectivity index (χ0) is 15.7. The van der Waals surface area contributed by atoms with Gasteiger partial charge in [-0.05, 0) is 31.4 Å². The number of hydrogen-bond donors (Lipinski definition) is 2. The number of rotatable bonds is 2. The number of carbonyl (C=O) groups excluding carboxylic acids is 2. The molecule has 1 aromatic carbocycles. The maximum absolute atomic E-state index is 13.8. The van der Waals surface area contributed by atoms with Gasteiger partial charge in [0, 0.05) is 16.6 Å². The smallest absolute Gasteiger partial charge is 0.263 e.